The average molecular weight is 198 g/mol. The van der Waals surface area contributed by atoms with Crippen LogP contribution in [0, 0.1) is 0 Å². The molecule has 0 saturated heterocycles. The lowest BCUT2D eigenvalue weighted by molar-refractivity contribution is -0.104. The first-order chi connectivity index (χ1) is 6.58. The molecule has 0 amide bonds. The molecule has 0 aliphatic heterocycles. The Morgan fingerprint density at radius 3 is 2.07 bits per heavy atom. The SMILES string of the molecule is CC(C)=CCC/C(C)=C/C=O.COC. The van der Waals surface area contributed by atoms with Gasteiger partial charge in [-0.3, -0.25) is 4.79 Å². The normalized spacial score (nSPS) is 9.93. The van der Waals surface area contributed by atoms with Crippen molar-refractivity contribution >= 4 is 6.29 Å². The van der Waals surface area contributed by atoms with Crippen LogP contribution in [-0.2, 0) is 9.53 Å². The van der Waals surface area contributed by atoms with Gasteiger partial charge in [0.25, 0.3) is 0 Å². The predicted octanol–water partition coefficient (Wildman–Crippen LogP) is 3.14. The average Bonchev–Trinajstić information content (AvgIpc) is 2.05. The van der Waals surface area contributed by atoms with Gasteiger partial charge in [0.2, 0.25) is 0 Å². The third-order valence-electron chi connectivity index (χ3n) is 1.44. The molecule has 0 unspecified atom stereocenters. The van der Waals surface area contributed by atoms with Crippen molar-refractivity contribution in [1.29, 1.82) is 0 Å². The van der Waals surface area contributed by atoms with Crippen LogP contribution in [0.25, 0.3) is 0 Å². The van der Waals surface area contributed by atoms with Crippen LogP contribution < -0.4 is 0 Å². The topological polar surface area (TPSA) is 26.3 Å². The second-order valence-electron chi connectivity index (χ2n) is 3.38. The van der Waals surface area contributed by atoms with Crippen LogP contribution in [0.15, 0.2) is 23.3 Å². The van der Waals surface area contributed by atoms with Crippen LogP contribution in [-0.4, -0.2) is 20.5 Å². The molecule has 0 spiro atoms. The maximum Gasteiger partial charge on any atom is 0.142 e. The monoisotopic (exact) mass is 198 g/mol. The van der Waals surface area contributed by atoms with Crippen molar-refractivity contribution in [2.24, 2.45) is 0 Å². The van der Waals surface area contributed by atoms with Gasteiger partial charge >= 0.3 is 0 Å². The summed E-state index contributed by atoms with van der Waals surface area (Å²) in [6, 6.07) is 0. The molecule has 0 fully saturated rings. The Morgan fingerprint density at radius 2 is 1.71 bits per heavy atom. The summed E-state index contributed by atoms with van der Waals surface area (Å²) in [6.45, 7) is 6.14. The summed E-state index contributed by atoms with van der Waals surface area (Å²) < 4.78 is 4.25. The van der Waals surface area contributed by atoms with E-state index in [1.165, 1.54) is 5.57 Å². The number of rotatable bonds is 4. The van der Waals surface area contributed by atoms with Gasteiger partial charge in [0.15, 0.2) is 0 Å². The molecule has 0 rings (SSSR count). The van der Waals surface area contributed by atoms with Crippen molar-refractivity contribution in [3.05, 3.63) is 23.3 Å². The van der Waals surface area contributed by atoms with Crippen molar-refractivity contribution in [3.63, 3.8) is 0 Å². The molecule has 14 heavy (non-hydrogen) atoms. The molecule has 0 atom stereocenters. The first-order valence-electron chi connectivity index (χ1n) is 4.72. The number of carbonyl (C=O) groups is 1. The van der Waals surface area contributed by atoms with Crippen molar-refractivity contribution < 1.29 is 9.53 Å². The third kappa shape index (κ3) is 17.3. The predicted molar refractivity (Wildman–Crippen MR) is 61.4 cm³/mol. The minimum absolute atomic E-state index is 0.845. The zero-order chi connectivity index (χ0) is 11.4. The smallest absolute Gasteiger partial charge is 0.142 e. The molecule has 0 aliphatic carbocycles. The molecule has 0 aromatic carbocycles. The first kappa shape index (κ1) is 15.6. The molecular formula is C12H22O2. The number of hydrogen-bond donors (Lipinski definition) is 0. The molecular weight excluding hydrogens is 176 g/mol. The number of ether oxygens (including phenoxy) is 1. The Balaban J connectivity index is 0. The minimum Gasteiger partial charge on any atom is -0.388 e. The van der Waals surface area contributed by atoms with Gasteiger partial charge in [-0.1, -0.05) is 17.2 Å². The van der Waals surface area contributed by atoms with Gasteiger partial charge < -0.3 is 4.74 Å². The Morgan fingerprint density at radius 1 is 1.21 bits per heavy atom. The largest absolute Gasteiger partial charge is 0.388 e. The molecule has 0 aliphatic rings. The Kier molecular flexibility index (Phi) is 13.5. The van der Waals surface area contributed by atoms with E-state index in [1.807, 2.05) is 6.92 Å². The fraction of sp³-hybridized carbons (Fsp3) is 0.583. The zero-order valence-corrected chi connectivity index (χ0v) is 9.96. The van der Waals surface area contributed by atoms with Crippen LogP contribution in [0.5, 0.6) is 0 Å². The van der Waals surface area contributed by atoms with Gasteiger partial charge in [-0.05, 0) is 39.7 Å². The maximum absolute atomic E-state index is 10.0. The van der Waals surface area contributed by atoms with E-state index in [1.54, 1.807) is 20.3 Å². The molecule has 0 bridgehead atoms. The van der Waals surface area contributed by atoms with Crippen LogP contribution in [0.3, 0.4) is 0 Å². The number of hydrogen-bond acceptors (Lipinski definition) is 2. The van der Waals surface area contributed by atoms with E-state index in [9.17, 15) is 4.79 Å². The van der Waals surface area contributed by atoms with E-state index in [-0.39, 0.29) is 0 Å². The molecule has 82 valence electrons. The first-order valence-corrected chi connectivity index (χ1v) is 4.72. The number of allylic oxidation sites excluding steroid dienone is 4. The lowest BCUT2D eigenvalue weighted by atomic mass is 10.1. The van der Waals surface area contributed by atoms with Crippen LogP contribution in [0.1, 0.15) is 33.6 Å². The van der Waals surface area contributed by atoms with Gasteiger partial charge in [-0.2, -0.15) is 0 Å². The molecule has 0 radical (unpaired) electrons. The van der Waals surface area contributed by atoms with Gasteiger partial charge in [-0.15, -0.1) is 0 Å². The lowest BCUT2D eigenvalue weighted by Crippen LogP contribution is -1.77. The number of carbonyl (C=O) groups excluding carboxylic acids is 1. The van der Waals surface area contributed by atoms with Crippen molar-refractivity contribution in [2.45, 2.75) is 33.6 Å². The van der Waals surface area contributed by atoms with E-state index in [2.05, 4.69) is 24.7 Å². The quantitative estimate of drug-likeness (QED) is 0.394. The fourth-order valence-electron chi connectivity index (χ4n) is 0.788. The van der Waals surface area contributed by atoms with Crippen LogP contribution in [0.4, 0.5) is 0 Å². The highest BCUT2D eigenvalue weighted by Crippen LogP contribution is 2.05. The van der Waals surface area contributed by atoms with Crippen LogP contribution in [0.2, 0.25) is 0 Å². The molecule has 0 aromatic rings. The van der Waals surface area contributed by atoms with E-state index >= 15 is 0 Å². The second kappa shape index (κ2) is 12.1. The van der Waals surface area contributed by atoms with Gasteiger partial charge in [0.05, 0.1) is 0 Å². The summed E-state index contributed by atoms with van der Waals surface area (Å²) in [4.78, 5) is 10.0. The minimum atomic E-state index is 0.845. The van der Waals surface area contributed by atoms with E-state index in [0.29, 0.717) is 0 Å². The highest BCUT2D eigenvalue weighted by molar-refractivity contribution is 5.65. The van der Waals surface area contributed by atoms with Crippen molar-refractivity contribution in [2.75, 3.05) is 14.2 Å². The number of aldehydes is 1. The fourth-order valence-corrected chi connectivity index (χ4v) is 0.788. The summed E-state index contributed by atoms with van der Waals surface area (Å²) in [7, 11) is 3.25. The maximum atomic E-state index is 10.0. The summed E-state index contributed by atoms with van der Waals surface area (Å²) in [6.07, 6.45) is 6.68. The van der Waals surface area contributed by atoms with Gasteiger partial charge in [0, 0.05) is 14.2 Å². The standard InChI is InChI=1S/C10H16O.C2H6O/c1-9(2)5-4-6-10(3)7-8-11;1-3-2/h5,7-8H,4,6H2,1-3H3;1-2H3/b10-7+;. The highest BCUT2D eigenvalue weighted by Gasteiger charge is 1.86. The lowest BCUT2D eigenvalue weighted by Gasteiger charge is -1.94. The van der Waals surface area contributed by atoms with E-state index in [0.717, 1.165) is 24.7 Å². The third-order valence-corrected chi connectivity index (χ3v) is 1.44. The van der Waals surface area contributed by atoms with E-state index in [4.69, 9.17) is 0 Å². The Bertz CT molecular complexity index is 186. The molecule has 0 N–H and O–H groups in total. The van der Waals surface area contributed by atoms with Crippen molar-refractivity contribution in [3.8, 4) is 0 Å². The van der Waals surface area contributed by atoms with Gasteiger partial charge in [0.1, 0.15) is 6.29 Å². The molecule has 2 heteroatoms. The Labute approximate surface area is 87.7 Å². The Hall–Kier alpha value is -0.890. The summed E-state index contributed by atoms with van der Waals surface area (Å²) >= 11 is 0. The molecule has 0 saturated carbocycles. The second-order valence-corrected chi connectivity index (χ2v) is 3.38. The van der Waals surface area contributed by atoms with E-state index < -0.39 is 0 Å². The summed E-state index contributed by atoms with van der Waals surface area (Å²) in [5.41, 5.74) is 2.49. The summed E-state index contributed by atoms with van der Waals surface area (Å²) in [5, 5.41) is 0. The molecule has 0 aromatic heterocycles. The number of methoxy groups -OCH3 is 1. The van der Waals surface area contributed by atoms with Crippen molar-refractivity contribution in [1.82, 2.24) is 0 Å². The molecule has 2 nitrogen and oxygen atoms in total. The molecule has 0 heterocycles. The highest BCUT2D eigenvalue weighted by atomic mass is 16.4. The van der Waals surface area contributed by atoms with Gasteiger partial charge in [-0.25, -0.2) is 0 Å². The van der Waals surface area contributed by atoms with Crippen LogP contribution >= 0.6 is 0 Å². The summed E-state index contributed by atoms with van der Waals surface area (Å²) in [5.74, 6) is 0. The zero-order valence-electron chi connectivity index (χ0n) is 9.96.